The average molecular weight is 292 g/mol. The van der Waals surface area contributed by atoms with Crippen LogP contribution in [0.15, 0.2) is 0 Å². The van der Waals surface area contributed by atoms with Crippen molar-refractivity contribution in [2.45, 2.75) is 45.6 Å². The number of aliphatic hydroxyl groups excluding tert-OH is 1. The van der Waals surface area contributed by atoms with Gasteiger partial charge in [-0.3, -0.25) is 4.90 Å². The summed E-state index contributed by atoms with van der Waals surface area (Å²) < 4.78 is 0. The smallest absolute Gasteiger partial charge is 0.0558 e. The minimum Gasteiger partial charge on any atom is -0.395 e. The maximum absolute atomic E-state index is 9.17. The van der Waals surface area contributed by atoms with Crippen molar-refractivity contribution in [3.63, 3.8) is 0 Å². The number of hydrogen-bond donors (Lipinski definition) is 1. The fourth-order valence-corrected chi connectivity index (χ4v) is 3.51. The monoisotopic (exact) mass is 291 g/mol. The van der Waals surface area contributed by atoms with Crippen LogP contribution in [0.5, 0.6) is 0 Å². The Labute approximate surface area is 109 Å². The van der Waals surface area contributed by atoms with E-state index in [4.69, 9.17) is 5.11 Å². The number of alkyl halides is 1. The van der Waals surface area contributed by atoms with E-state index in [1.807, 2.05) is 0 Å². The topological polar surface area (TPSA) is 23.5 Å². The SMILES string of the molecule is CC(C)C(CBr)CN(CCO)C1CCCC1. The van der Waals surface area contributed by atoms with Crippen molar-refractivity contribution in [3.05, 3.63) is 0 Å². The molecule has 96 valence electrons. The van der Waals surface area contributed by atoms with Crippen LogP contribution in [0.3, 0.4) is 0 Å². The first-order valence-electron chi connectivity index (χ1n) is 6.60. The molecule has 1 unspecified atom stereocenters. The molecule has 0 spiro atoms. The van der Waals surface area contributed by atoms with E-state index >= 15 is 0 Å². The summed E-state index contributed by atoms with van der Waals surface area (Å²) in [5.41, 5.74) is 0. The van der Waals surface area contributed by atoms with Gasteiger partial charge in [-0.15, -0.1) is 0 Å². The molecule has 0 bridgehead atoms. The molecule has 1 aliphatic rings. The van der Waals surface area contributed by atoms with Crippen molar-refractivity contribution in [1.82, 2.24) is 4.90 Å². The molecule has 0 amide bonds. The lowest BCUT2D eigenvalue weighted by molar-refractivity contribution is 0.125. The predicted molar refractivity (Wildman–Crippen MR) is 73.0 cm³/mol. The molecular formula is C13H26BrNO. The van der Waals surface area contributed by atoms with Gasteiger partial charge in [-0.25, -0.2) is 0 Å². The molecule has 0 aliphatic heterocycles. The lowest BCUT2D eigenvalue weighted by Gasteiger charge is -2.32. The van der Waals surface area contributed by atoms with Gasteiger partial charge in [-0.05, 0) is 24.7 Å². The summed E-state index contributed by atoms with van der Waals surface area (Å²) in [4.78, 5) is 2.51. The Kier molecular flexibility index (Phi) is 6.94. The summed E-state index contributed by atoms with van der Waals surface area (Å²) in [6.45, 7) is 6.86. The highest BCUT2D eigenvalue weighted by Crippen LogP contribution is 2.25. The van der Waals surface area contributed by atoms with Crippen LogP contribution in [0.4, 0.5) is 0 Å². The zero-order chi connectivity index (χ0) is 12.0. The summed E-state index contributed by atoms with van der Waals surface area (Å²) in [7, 11) is 0. The summed E-state index contributed by atoms with van der Waals surface area (Å²) in [6.07, 6.45) is 5.39. The second-order valence-corrected chi connectivity index (χ2v) is 5.96. The van der Waals surface area contributed by atoms with Crippen molar-refractivity contribution in [1.29, 1.82) is 0 Å². The second-order valence-electron chi connectivity index (χ2n) is 5.32. The molecule has 0 radical (unpaired) electrons. The van der Waals surface area contributed by atoms with Crippen LogP contribution < -0.4 is 0 Å². The third-order valence-corrected chi connectivity index (χ3v) is 4.67. The van der Waals surface area contributed by atoms with Gasteiger partial charge in [0.25, 0.3) is 0 Å². The third-order valence-electron chi connectivity index (χ3n) is 3.84. The molecule has 0 saturated heterocycles. The largest absolute Gasteiger partial charge is 0.395 e. The Bertz CT molecular complexity index is 181. The van der Waals surface area contributed by atoms with Gasteiger partial charge in [0.15, 0.2) is 0 Å². The molecule has 0 aromatic carbocycles. The molecule has 0 heterocycles. The van der Waals surface area contributed by atoms with Crippen molar-refractivity contribution in [3.8, 4) is 0 Å². The molecule has 16 heavy (non-hydrogen) atoms. The van der Waals surface area contributed by atoms with Crippen molar-refractivity contribution in [2.24, 2.45) is 11.8 Å². The molecule has 3 heteroatoms. The van der Waals surface area contributed by atoms with Gasteiger partial charge in [0.1, 0.15) is 0 Å². The lowest BCUT2D eigenvalue weighted by atomic mass is 9.96. The summed E-state index contributed by atoms with van der Waals surface area (Å²) >= 11 is 3.62. The first-order valence-corrected chi connectivity index (χ1v) is 7.72. The number of nitrogens with zero attached hydrogens (tertiary/aromatic N) is 1. The average Bonchev–Trinajstić information content (AvgIpc) is 2.76. The van der Waals surface area contributed by atoms with Crippen LogP contribution in [-0.2, 0) is 0 Å². The van der Waals surface area contributed by atoms with Gasteiger partial charge in [0.2, 0.25) is 0 Å². The third kappa shape index (κ3) is 4.34. The van der Waals surface area contributed by atoms with Gasteiger partial charge < -0.3 is 5.11 Å². The maximum atomic E-state index is 9.17. The highest BCUT2D eigenvalue weighted by molar-refractivity contribution is 9.09. The van der Waals surface area contributed by atoms with Crippen molar-refractivity contribution >= 4 is 15.9 Å². The molecule has 0 aromatic rings. The maximum Gasteiger partial charge on any atom is 0.0558 e. The molecule has 1 fully saturated rings. The Morgan fingerprint density at radius 2 is 1.94 bits per heavy atom. The van der Waals surface area contributed by atoms with E-state index in [2.05, 4.69) is 34.7 Å². The number of aliphatic hydroxyl groups is 1. The lowest BCUT2D eigenvalue weighted by Crippen LogP contribution is -2.40. The first-order chi connectivity index (χ1) is 7.69. The fraction of sp³-hybridized carbons (Fsp3) is 1.00. The van der Waals surface area contributed by atoms with E-state index in [9.17, 15) is 0 Å². The highest BCUT2D eigenvalue weighted by atomic mass is 79.9. The van der Waals surface area contributed by atoms with Crippen molar-refractivity contribution in [2.75, 3.05) is 25.0 Å². The number of rotatable bonds is 7. The predicted octanol–water partition coefficient (Wildman–Crippen LogP) is 2.89. The zero-order valence-electron chi connectivity index (χ0n) is 10.7. The first kappa shape index (κ1) is 14.5. The van der Waals surface area contributed by atoms with Crippen molar-refractivity contribution < 1.29 is 5.11 Å². The Morgan fingerprint density at radius 1 is 1.31 bits per heavy atom. The molecule has 1 aliphatic carbocycles. The summed E-state index contributed by atoms with van der Waals surface area (Å²) in [6, 6.07) is 0.729. The number of halogens is 1. The van der Waals surface area contributed by atoms with Crippen LogP contribution >= 0.6 is 15.9 Å². The van der Waals surface area contributed by atoms with Crippen LogP contribution in [-0.4, -0.2) is 41.1 Å². The zero-order valence-corrected chi connectivity index (χ0v) is 12.2. The minimum atomic E-state index is 0.295. The Hall–Kier alpha value is 0.400. The van der Waals surface area contributed by atoms with E-state index < -0.39 is 0 Å². The van der Waals surface area contributed by atoms with E-state index in [0.717, 1.165) is 24.5 Å². The van der Waals surface area contributed by atoms with Crippen LogP contribution in [0, 0.1) is 11.8 Å². The fourth-order valence-electron chi connectivity index (χ4n) is 2.56. The standard InChI is InChI=1S/C13H26BrNO/c1-11(2)12(9-14)10-15(7-8-16)13-5-3-4-6-13/h11-13,16H,3-10H2,1-2H3. The molecule has 1 rings (SSSR count). The van der Waals surface area contributed by atoms with Crippen LogP contribution in [0.1, 0.15) is 39.5 Å². The van der Waals surface area contributed by atoms with Crippen LogP contribution in [0.2, 0.25) is 0 Å². The molecule has 0 aromatic heterocycles. The van der Waals surface area contributed by atoms with E-state index in [1.165, 1.54) is 25.7 Å². The summed E-state index contributed by atoms with van der Waals surface area (Å²) in [5.74, 6) is 1.41. The Morgan fingerprint density at radius 3 is 2.38 bits per heavy atom. The normalized spacial score (nSPS) is 19.9. The summed E-state index contributed by atoms with van der Waals surface area (Å²) in [5, 5.41) is 10.2. The molecule has 2 nitrogen and oxygen atoms in total. The van der Waals surface area contributed by atoms with Gasteiger partial charge >= 0.3 is 0 Å². The molecule has 1 N–H and O–H groups in total. The molecule has 1 saturated carbocycles. The van der Waals surface area contributed by atoms with Gasteiger partial charge in [0, 0.05) is 24.5 Å². The number of hydrogen-bond acceptors (Lipinski definition) is 2. The van der Waals surface area contributed by atoms with Gasteiger partial charge in [-0.2, -0.15) is 0 Å². The molecular weight excluding hydrogens is 266 g/mol. The quantitative estimate of drug-likeness (QED) is 0.729. The van der Waals surface area contributed by atoms with E-state index in [1.54, 1.807) is 0 Å². The second kappa shape index (κ2) is 7.67. The van der Waals surface area contributed by atoms with E-state index in [0.29, 0.717) is 18.4 Å². The highest BCUT2D eigenvalue weighted by Gasteiger charge is 2.25. The van der Waals surface area contributed by atoms with E-state index in [-0.39, 0.29) is 0 Å². The Balaban J connectivity index is 2.48. The van der Waals surface area contributed by atoms with Gasteiger partial charge in [-0.1, -0.05) is 42.6 Å². The molecule has 1 atom stereocenters. The van der Waals surface area contributed by atoms with Gasteiger partial charge in [0.05, 0.1) is 6.61 Å². The van der Waals surface area contributed by atoms with Crippen LogP contribution in [0.25, 0.3) is 0 Å². The minimum absolute atomic E-state index is 0.295.